The second-order valence-corrected chi connectivity index (χ2v) is 5.92. The minimum absolute atomic E-state index is 0.156. The van der Waals surface area contributed by atoms with Crippen LogP contribution in [-0.4, -0.2) is 17.4 Å². The smallest absolute Gasteiger partial charge is 0.284 e. The van der Waals surface area contributed by atoms with E-state index < -0.39 is 11.9 Å². The lowest BCUT2D eigenvalue weighted by molar-refractivity contribution is 0.172. The fraction of sp³-hybridized carbons (Fsp3) is 0.375. The number of benzene rings is 1. The normalized spacial score (nSPS) is 12.8. The van der Waals surface area contributed by atoms with Gasteiger partial charge in [0.05, 0.1) is 18.4 Å². The molecule has 3 nitrogen and oxygen atoms in total. The topological polar surface area (TPSA) is 45.4 Å². The first-order valence-corrected chi connectivity index (χ1v) is 8.03. The van der Waals surface area contributed by atoms with E-state index in [1.165, 1.54) is 0 Å². The Morgan fingerprint density at radius 3 is 2.64 bits per heavy atom. The van der Waals surface area contributed by atoms with Crippen molar-refractivity contribution in [1.29, 1.82) is 0 Å². The number of aryl methyl sites for hydroxylation is 1. The zero-order chi connectivity index (χ0) is 15.9. The Hall–Kier alpha value is -1.37. The first kappa shape index (κ1) is 17.0. The predicted octanol–water partition coefficient (Wildman–Crippen LogP) is 3.87. The second kappa shape index (κ2) is 8.31. The van der Waals surface area contributed by atoms with Gasteiger partial charge in [0, 0.05) is 6.54 Å². The van der Waals surface area contributed by atoms with E-state index >= 15 is 0 Å². The van der Waals surface area contributed by atoms with Gasteiger partial charge in [0.1, 0.15) is 11.5 Å². The second-order valence-electron chi connectivity index (χ2n) is 4.94. The fourth-order valence-corrected chi connectivity index (χ4v) is 2.59. The van der Waals surface area contributed by atoms with Crippen LogP contribution in [0.3, 0.4) is 0 Å². The standard InChI is InChI=1S/C16H19F2NO2S/c1-11-4-2-3-5-14(11)15(20)9-19-8-12-6-7-13(21-12)10-22-16(17)18/h2-7,15-16,19-20H,8-10H2,1H3. The molecule has 6 heteroatoms. The quantitative estimate of drug-likeness (QED) is 0.773. The average molecular weight is 327 g/mol. The number of halogens is 2. The van der Waals surface area contributed by atoms with E-state index in [4.69, 9.17) is 4.42 Å². The molecule has 0 saturated carbocycles. The Kier molecular flexibility index (Phi) is 6.42. The Labute approximate surface area is 132 Å². The zero-order valence-electron chi connectivity index (χ0n) is 12.3. The van der Waals surface area contributed by atoms with Crippen molar-refractivity contribution in [2.24, 2.45) is 0 Å². The summed E-state index contributed by atoms with van der Waals surface area (Å²) < 4.78 is 29.6. The van der Waals surface area contributed by atoms with Gasteiger partial charge in [0.15, 0.2) is 0 Å². The van der Waals surface area contributed by atoms with Gasteiger partial charge in [-0.15, -0.1) is 0 Å². The van der Waals surface area contributed by atoms with Crippen LogP contribution in [0.25, 0.3) is 0 Å². The Morgan fingerprint density at radius 1 is 1.18 bits per heavy atom. The SMILES string of the molecule is Cc1ccccc1C(O)CNCc1ccc(CSC(F)F)o1. The van der Waals surface area contributed by atoms with Crippen molar-refractivity contribution < 1.29 is 18.3 Å². The van der Waals surface area contributed by atoms with Crippen molar-refractivity contribution in [3.05, 3.63) is 59.0 Å². The average Bonchev–Trinajstić information content (AvgIpc) is 2.93. The van der Waals surface area contributed by atoms with E-state index in [9.17, 15) is 13.9 Å². The van der Waals surface area contributed by atoms with Gasteiger partial charge in [-0.1, -0.05) is 36.0 Å². The molecule has 1 aromatic heterocycles. The lowest BCUT2D eigenvalue weighted by atomic mass is 10.0. The highest BCUT2D eigenvalue weighted by Gasteiger charge is 2.10. The van der Waals surface area contributed by atoms with Crippen LogP contribution in [0, 0.1) is 6.92 Å². The highest BCUT2D eigenvalue weighted by atomic mass is 32.2. The molecule has 2 N–H and O–H groups in total. The molecule has 1 aromatic carbocycles. The Morgan fingerprint density at radius 2 is 1.91 bits per heavy atom. The van der Waals surface area contributed by atoms with Gasteiger partial charge in [0.25, 0.3) is 5.76 Å². The Balaban J connectivity index is 1.78. The van der Waals surface area contributed by atoms with E-state index in [1.807, 2.05) is 31.2 Å². The summed E-state index contributed by atoms with van der Waals surface area (Å²) in [7, 11) is 0. The van der Waals surface area contributed by atoms with E-state index in [0.717, 1.165) is 11.1 Å². The molecule has 22 heavy (non-hydrogen) atoms. The van der Waals surface area contributed by atoms with Crippen molar-refractivity contribution >= 4 is 11.8 Å². The van der Waals surface area contributed by atoms with Gasteiger partial charge in [-0.2, -0.15) is 8.78 Å². The van der Waals surface area contributed by atoms with Crippen LogP contribution in [0.5, 0.6) is 0 Å². The van der Waals surface area contributed by atoms with Crippen LogP contribution >= 0.6 is 11.8 Å². The van der Waals surface area contributed by atoms with Crippen LogP contribution in [0.4, 0.5) is 8.78 Å². The number of nitrogens with one attached hydrogen (secondary N) is 1. The van der Waals surface area contributed by atoms with E-state index in [1.54, 1.807) is 12.1 Å². The molecule has 0 aliphatic rings. The van der Waals surface area contributed by atoms with Crippen molar-refractivity contribution in [1.82, 2.24) is 5.32 Å². The van der Waals surface area contributed by atoms with Crippen molar-refractivity contribution in [3.8, 4) is 0 Å². The number of hydrogen-bond acceptors (Lipinski definition) is 4. The van der Waals surface area contributed by atoms with Gasteiger partial charge in [0.2, 0.25) is 0 Å². The molecule has 0 fully saturated rings. The summed E-state index contributed by atoms with van der Waals surface area (Å²) in [5.74, 6) is -1.04. The molecule has 1 unspecified atom stereocenters. The lowest BCUT2D eigenvalue weighted by Gasteiger charge is -2.14. The molecular formula is C16H19F2NO2S. The van der Waals surface area contributed by atoms with Crippen LogP contribution in [0.2, 0.25) is 0 Å². The van der Waals surface area contributed by atoms with Gasteiger partial charge in [-0.3, -0.25) is 0 Å². The van der Waals surface area contributed by atoms with Crippen molar-refractivity contribution in [2.45, 2.75) is 31.1 Å². The molecule has 0 aliphatic carbocycles. The van der Waals surface area contributed by atoms with Crippen LogP contribution < -0.4 is 5.32 Å². The number of hydrogen-bond donors (Lipinski definition) is 2. The summed E-state index contributed by atoms with van der Waals surface area (Å²) in [5.41, 5.74) is 1.93. The molecule has 1 heterocycles. The van der Waals surface area contributed by atoms with Crippen LogP contribution in [-0.2, 0) is 12.3 Å². The first-order chi connectivity index (χ1) is 10.6. The predicted molar refractivity (Wildman–Crippen MR) is 83.9 cm³/mol. The number of aliphatic hydroxyl groups excluding tert-OH is 1. The summed E-state index contributed by atoms with van der Waals surface area (Å²) in [5, 5.41) is 13.3. The number of rotatable bonds is 8. The third-order valence-corrected chi connectivity index (χ3v) is 3.96. The van der Waals surface area contributed by atoms with E-state index in [2.05, 4.69) is 5.32 Å². The van der Waals surface area contributed by atoms with E-state index in [-0.39, 0.29) is 5.75 Å². The summed E-state index contributed by atoms with van der Waals surface area (Å²) in [4.78, 5) is 0. The molecule has 0 aliphatic heterocycles. The van der Waals surface area contributed by atoms with Gasteiger partial charge < -0.3 is 14.8 Å². The third kappa shape index (κ3) is 5.12. The molecule has 0 amide bonds. The maximum atomic E-state index is 12.1. The highest BCUT2D eigenvalue weighted by Crippen LogP contribution is 2.21. The highest BCUT2D eigenvalue weighted by molar-refractivity contribution is 7.98. The summed E-state index contributed by atoms with van der Waals surface area (Å²) in [6.45, 7) is 2.80. The lowest BCUT2D eigenvalue weighted by Crippen LogP contribution is -2.21. The van der Waals surface area contributed by atoms with E-state index in [0.29, 0.717) is 36.4 Å². The van der Waals surface area contributed by atoms with Crippen molar-refractivity contribution in [2.75, 3.05) is 6.54 Å². The number of aliphatic hydroxyl groups is 1. The molecule has 2 rings (SSSR count). The monoisotopic (exact) mass is 327 g/mol. The third-order valence-electron chi connectivity index (χ3n) is 3.25. The molecule has 0 spiro atoms. The molecule has 0 radical (unpaired) electrons. The van der Waals surface area contributed by atoms with Crippen molar-refractivity contribution in [3.63, 3.8) is 0 Å². The zero-order valence-corrected chi connectivity index (χ0v) is 13.1. The Bertz CT molecular complexity index is 589. The molecule has 2 aromatic rings. The molecular weight excluding hydrogens is 308 g/mol. The maximum Gasteiger partial charge on any atom is 0.284 e. The molecule has 120 valence electrons. The molecule has 1 atom stereocenters. The summed E-state index contributed by atoms with van der Waals surface area (Å²) >= 11 is 0.538. The van der Waals surface area contributed by atoms with Gasteiger partial charge in [-0.25, -0.2) is 0 Å². The minimum atomic E-state index is -2.39. The largest absolute Gasteiger partial charge is 0.464 e. The first-order valence-electron chi connectivity index (χ1n) is 6.98. The summed E-state index contributed by atoms with van der Waals surface area (Å²) in [6, 6.07) is 11.1. The number of furan rings is 1. The maximum absolute atomic E-state index is 12.1. The van der Waals surface area contributed by atoms with Gasteiger partial charge >= 0.3 is 0 Å². The summed E-state index contributed by atoms with van der Waals surface area (Å²) in [6.07, 6.45) is -0.593. The van der Waals surface area contributed by atoms with Gasteiger partial charge in [-0.05, 0) is 30.2 Å². The number of thioether (sulfide) groups is 1. The minimum Gasteiger partial charge on any atom is -0.464 e. The van der Waals surface area contributed by atoms with Crippen LogP contribution in [0.15, 0.2) is 40.8 Å². The molecule has 0 bridgehead atoms. The van der Waals surface area contributed by atoms with Crippen LogP contribution in [0.1, 0.15) is 28.8 Å². The fourth-order valence-electron chi connectivity index (χ4n) is 2.14. The number of alkyl halides is 2. The molecule has 0 saturated heterocycles.